The van der Waals surface area contributed by atoms with Crippen molar-refractivity contribution in [1.82, 2.24) is 9.97 Å². The second kappa shape index (κ2) is 5.28. The summed E-state index contributed by atoms with van der Waals surface area (Å²) in [5.41, 5.74) is 1.61. The van der Waals surface area contributed by atoms with Crippen LogP contribution in [-0.4, -0.2) is 24.2 Å². The monoisotopic (exact) mass is 282 g/mol. The number of nitrogens with one attached hydrogen (secondary N) is 1. The lowest BCUT2D eigenvalue weighted by Gasteiger charge is -2.10. The minimum atomic E-state index is -0.204. The maximum Gasteiger partial charge on any atom is 0.257 e. The number of benzene rings is 1. The van der Waals surface area contributed by atoms with Gasteiger partial charge in [0, 0.05) is 23.2 Å². The molecule has 21 heavy (non-hydrogen) atoms. The van der Waals surface area contributed by atoms with Crippen molar-refractivity contribution in [2.75, 3.05) is 14.2 Å². The van der Waals surface area contributed by atoms with E-state index in [1.165, 1.54) is 0 Å². The first-order valence-electron chi connectivity index (χ1n) is 6.43. The number of ether oxygens (including phenoxy) is 2. The quantitative estimate of drug-likeness (QED) is 0.802. The molecular weight excluding hydrogens is 268 g/mol. The zero-order valence-corrected chi connectivity index (χ0v) is 11.7. The van der Waals surface area contributed by atoms with E-state index in [9.17, 15) is 4.79 Å². The number of aromatic amines is 1. The standard InChI is InChI=1S/C16H14N2O3/c1-20-11-5-6-12(14(9-11)21-2)13-8-10-4-3-7-17-15(10)18-16(13)19/h3-9H,1-2H3,(H,17,18,19). The Bertz CT molecular complexity index is 856. The molecule has 0 amide bonds. The Morgan fingerprint density at radius 2 is 1.90 bits per heavy atom. The lowest BCUT2D eigenvalue weighted by molar-refractivity contribution is 0.395. The van der Waals surface area contributed by atoms with E-state index in [2.05, 4.69) is 9.97 Å². The average Bonchev–Trinajstić information content (AvgIpc) is 2.53. The van der Waals surface area contributed by atoms with Crippen LogP contribution in [0.3, 0.4) is 0 Å². The van der Waals surface area contributed by atoms with E-state index in [4.69, 9.17) is 9.47 Å². The Kier molecular flexibility index (Phi) is 3.31. The zero-order valence-electron chi connectivity index (χ0n) is 11.7. The van der Waals surface area contributed by atoms with Crippen molar-refractivity contribution in [2.24, 2.45) is 0 Å². The fourth-order valence-electron chi connectivity index (χ4n) is 2.26. The van der Waals surface area contributed by atoms with Gasteiger partial charge in [0.15, 0.2) is 0 Å². The van der Waals surface area contributed by atoms with E-state index in [-0.39, 0.29) is 5.56 Å². The number of aromatic nitrogens is 2. The highest BCUT2D eigenvalue weighted by Gasteiger charge is 2.12. The summed E-state index contributed by atoms with van der Waals surface area (Å²) in [4.78, 5) is 19.2. The van der Waals surface area contributed by atoms with Crippen molar-refractivity contribution < 1.29 is 9.47 Å². The Labute approximate surface area is 121 Å². The van der Waals surface area contributed by atoms with Gasteiger partial charge in [0.05, 0.1) is 19.8 Å². The van der Waals surface area contributed by atoms with E-state index >= 15 is 0 Å². The van der Waals surface area contributed by atoms with Gasteiger partial charge in [-0.2, -0.15) is 0 Å². The zero-order chi connectivity index (χ0) is 14.8. The smallest absolute Gasteiger partial charge is 0.257 e. The Balaban J connectivity index is 2.24. The van der Waals surface area contributed by atoms with Crippen molar-refractivity contribution in [3.8, 4) is 22.6 Å². The van der Waals surface area contributed by atoms with Crippen molar-refractivity contribution in [3.05, 3.63) is 52.9 Å². The third kappa shape index (κ3) is 2.33. The van der Waals surface area contributed by atoms with E-state index in [1.807, 2.05) is 24.3 Å². The third-order valence-corrected chi connectivity index (χ3v) is 3.31. The highest BCUT2D eigenvalue weighted by molar-refractivity contribution is 5.82. The molecule has 0 spiro atoms. The van der Waals surface area contributed by atoms with Crippen LogP contribution in [0.4, 0.5) is 0 Å². The van der Waals surface area contributed by atoms with Gasteiger partial charge in [0.1, 0.15) is 17.1 Å². The van der Waals surface area contributed by atoms with Crippen molar-refractivity contribution in [1.29, 1.82) is 0 Å². The lowest BCUT2D eigenvalue weighted by atomic mass is 10.0. The fraction of sp³-hybridized carbons (Fsp3) is 0.125. The van der Waals surface area contributed by atoms with Crippen LogP contribution >= 0.6 is 0 Å². The highest BCUT2D eigenvalue weighted by Crippen LogP contribution is 2.32. The first-order valence-corrected chi connectivity index (χ1v) is 6.43. The molecule has 0 aliphatic carbocycles. The van der Waals surface area contributed by atoms with E-state index in [1.54, 1.807) is 32.5 Å². The Hall–Kier alpha value is -2.82. The normalized spacial score (nSPS) is 10.6. The molecule has 1 N–H and O–H groups in total. The number of hydrogen-bond donors (Lipinski definition) is 1. The molecule has 0 atom stereocenters. The molecule has 5 heteroatoms. The molecule has 0 saturated heterocycles. The summed E-state index contributed by atoms with van der Waals surface area (Å²) in [6.45, 7) is 0. The number of methoxy groups -OCH3 is 2. The molecule has 3 aromatic rings. The van der Waals surface area contributed by atoms with Gasteiger partial charge in [-0.3, -0.25) is 4.79 Å². The molecule has 1 aromatic carbocycles. The van der Waals surface area contributed by atoms with Crippen LogP contribution in [0.5, 0.6) is 11.5 Å². The van der Waals surface area contributed by atoms with Crippen molar-refractivity contribution in [2.45, 2.75) is 0 Å². The average molecular weight is 282 g/mol. The Morgan fingerprint density at radius 1 is 1.05 bits per heavy atom. The van der Waals surface area contributed by atoms with E-state index in [0.717, 1.165) is 5.39 Å². The van der Waals surface area contributed by atoms with Gasteiger partial charge < -0.3 is 14.5 Å². The molecule has 106 valence electrons. The first kappa shape index (κ1) is 13.2. The fourth-order valence-corrected chi connectivity index (χ4v) is 2.26. The van der Waals surface area contributed by atoms with Gasteiger partial charge in [-0.05, 0) is 30.3 Å². The predicted molar refractivity (Wildman–Crippen MR) is 80.9 cm³/mol. The highest BCUT2D eigenvalue weighted by atomic mass is 16.5. The summed E-state index contributed by atoms with van der Waals surface area (Å²) in [7, 11) is 3.15. The van der Waals surface area contributed by atoms with Crippen LogP contribution in [0.2, 0.25) is 0 Å². The van der Waals surface area contributed by atoms with Crippen LogP contribution in [0.1, 0.15) is 0 Å². The maximum absolute atomic E-state index is 12.3. The number of pyridine rings is 2. The number of H-pyrrole nitrogens is 1. The molecule has 0 saturated carbocycles. The molecule has 0 bridgehead atoms. The minimum Gasteiger partial charge on any atom is -0.497 e. The van der Waals surface area contributed by atoms with Gasteiger partial charge in [0.2, 0.25) is 0 Å². The topological polar surface area (TPSA) is 64.2 Å². The van der Waals surface area contributed by atoms with Crippen molar-refractivity contribution >= 4 is 11.0 Å². The second-order valence-corrected chi connectivity index (χ2v) is 4.52. The second-order valence-electron chi connectivity index (χ2n) is 4.52. The first-order chi connectivity index (χ1) is 10.2. The van der Waals surface area contributed by atoms with Gasteiger partial charge in [0.25, 0.3) is 5.56 Å². The van der Waals surface area contributed by atoms with Crippen LogP contribution in [0, 0.1) is 0 Å². The molecular formula is C16H14N2O3. The molecule has 2 heterocycles. The largest absolute Gasteiger partial charge is 0.497 e. The van der Waals surface area contributed by atoms with Crippen molar-refractivity contribution in [3.63, 3.8) is 0 Å². The molecule has 5 nitrogen and oxygen atoms in total. The van der Waals surface area contributed by atoms with Gasteiger partial charge in [-0.25, -0.2) is 4.98 Å². The molecule has 0 aliphatic rings. The summed E-state index contributed by atoms with van der Waals surface area (Å²) in [6, 6.07) is 10.9. The van der Waals surface area contributed by atoms with Gasteiger partial charge in [-0.1, -0.05) is 0 Å². The molecule has 0 fully saturated rings. The number of nitrogens with zero attached hydrogens (tertiary/aromatic N) is 1. The summed E-state index contributed by atoms with van der Waals surface area (Å²) in [5.74, 6) is 1.26. The SMILES string of the molecule is COc1ccc(-c2cc3cccnc3[nH]c2=O)c(OC)c1. The third-order valence-electron chi connectivity index (χ3n) is 3.31. The summed E-state index contributed by atoms with van der Waals surface area (Å²) >= 11 is 0. The Morgan fingerprint density at radius 3 is 2.67 bits per heavy atom. The summed E-state index contributed by atoms with van der Waals surface area (Å²) in [6.07, 6.45) is 1.64. The van der Waals surface area contributed by atoms with E-state index < -0.39 is 0 Å². The predicted octanol–water partition coefficient (Wildman–Crippen LogP) is 2.61. The summed E-state index contributed by atoms with van der Waals surface area (Å²) in [5, 5.41) is 0.866. The number of fused-ring (bicyclic) bond motifs is 1. The van der Waals surface area contributed by atoms with Crippen LogP contribution < -0.4 is 15.0 Å². The number of rotatable bonds is 3. The molecule has 0 radical (unpaired) electrons. The molecule has 0 unspecified atom stereocenters. The molecule has 2 aromatic heterocycles. The lowest BCUT2D eigenvalue weighted by Crippen LogP contribution is -2.10. The van der Waals surface area contributed by atoms with Gasteiger partial charge in [-0.15, -0.1) is 0 Å². The van der Waals surface area contributed by atoms with Gasteiger partial charge >= 0.3 is 0 Å². The molecule has 0 aliphatic heterocycles. The maximum atomic E-state index is 12.3. The van der Waals surface area contributed by atoms with Crippen LogP contribution in [0.15, 0.2) is 47.4 Å². The van der Waals surface area contributed by atoms with Crippen LogP contribution in [0.25, 0.3) is 22.2 Å². The summed E-state index contributed by atoms with van der Waals surface area (Å²) < 4.78 is 10.5. The molecule has 3 rings (SSSR count). The van der Waals surface area contributed by atoms with E-state index in [0.29, 0.717) is 28.3 Å². The number of hydrogen-bond acceptors (Lipinski definition) is 4. The minimum absolute atomic E-state index is 0.204. The van der Waals surface area contributed by atoms with Crippen LogP contribution in [-0.2, 0) is 0 Å².